The van der Waals surface area contributed by atoms with Crippen LogP contribution >= 0.6 is 0 Å². The fraction of sp³-hybridized carbons (Fsp3) is 0. The summed E-state index contributed by atoms with van der Waals surface area (Å²) >= 11 is 0. The third-order valence-electron chi connectivity index (χ3n) is 5.14. The van der Waals surface area contributed by atoms with E-state index in [1.807, 2.05) is 109 Å². The van der Waals surface area contributed by atoms with Gasteiger partial charge in [-0.05, 0) is 48.0 Å². The van der Waals surface area contributed by atoms with Crippen LogP contribution in [0.4, 0.5) is 0 Å². The topological polar surface area (TPSA) is 44.1 Å². The Bertz CT molecular complexity index is 1380. The minimum atomic E-state index is -0.237. The lowest BCUT2D eigenvalue weighted by molar-refractivity contribution is 0.473. The maximum Gasteiger partial charge on any atom is 0.298 e. The second-order valence-electron chi connectivity index (χ2n) is 7.24. The largest absolute Gasteiger partial charge is 0.452 e. The molecule has 0 fully saturated rings. The highest BCUT2D eigenvalue weighted by Gasteiger charge is 2.20. The van der Waals surface area contributed by atoms with Crippen LogP contribution in [0, 0.1) is 0 Å². The number of rotatable bonds is 5. The zero-order valence-corrected chi connectivity index (χ0v) is 17.3. The maximum atomic E-state index is 13.8. The van der Waals surface area contributed by atoms with E-state index < -0.39 is 0 Å². The molecule has 154 valence electrons. The molecule has 0 saturated heterocycles. The quantitative estimate of drug-likeness (QED) is 0.335. The maximum absolute atomic E-state index is 13.8. The Morgan fingerprint density at radius 3 is 1.97 bits per heavy atom. The minimum Gasteiger partial charge on any atom is -0.452 e. The molecular formula is C28H20N2O2. The summed E-state index contributed by atoms with van der Waals surface area (Å²) in [6, 6.07) is 36.4. The van der Waals surface area contributed by atoms with E-state index in [9.17, 15) is 4.79 Å². The predicted octanol–water partition coefficient (Wildman–Crippen LogP) is 6.36. The summed E-state index contributed by atoms with van der Waals surface area (Å²) in [6.07, 6.45) is 1.75. The summed E-state index contributed by atoms with van der Waals surface area (Å²) < 4.78 is 7.77. The number of pyridine rings is 2. The van der Waals surface area contributed by atoms with Crippen molar-refractivity contribution in [2.75, 3.05) is 0 Å². The van der Waals surface area contributed by atoms with Crippen LogP contribution in [0.3, 0.4) is 0 Å². The van der Waals surface area contributed by atoms with Crippen molar-refractivity contribution in [2.45, 2.75) is 0 Å². The third-order valence-corrected chi connectivity index (χ3v) is 5.14. The lowest BCUT2D eigenvalue weighted by Gasteiger charge is -2.19. The summed E-state index contributed by atoms with van der Waals surface area (Å²) in [6.45, 7) is 0. The van der Waals surface area contributed by atoms with Gasteiger partial charge in [0.1, 0.15) is 5.75 Å². The van der Waals surface area contributed by atoms with Crippen LogP contribution in [0.1, 0.15) is 0 Å². The van der Waals surface area contributed by atoms with Crippen molar-refractivity contribution >= 4 is 0 Å². The molecule has 5 rings (SSSR count). The van der Waals surface area contributed by atoms with Gasteiger partial charge in [-0.2, -0.15) is 0 Å². The van der Waals surface area contributed by atoms with E-state index in [0.29, 0.717) is 5.75 Å². The average Bonchev–Trinajstić information content (AvgIpc) is 2.87. The van der Waals surface area contributed by atoms with Crippen molar-refractivity contribution in [1.29, 1.82) is 0 Å². The van der Waals surface area contributed by atoms with Crippen LogP contribution in [-0.2, 0) is 0 Å². The second-order valence-corrected chi connectivity index (χ2v) is 7.24. The molecule has 3 aromatic carbocycles. The van der Waals surface area contributed by atoms with Gasteiger partial charge in [0.2, 0.25) is 0 Å². The van der Waals surface area contributed by atoms with E-state index in [2.05, 4.69) is 4.98 Å². The SMILES string of the molecule is O=c1c(Oc2ccccc2)cc(-c2ccccn2)c(-c2ccccc2)n1-c1ccccc1. The van der Waals surface area contributed by atoms with Crippen LogP contribution in [0.15, 0.2) is 126 Å². The van der Waals surface area contributed by atoms with Crippen molar-refractivity contribution in [1.82, 2.24) is 9.55 Å². The number of para-hydroxylation sites is 2. The van der Waals surface area contributed by atoms with Crippen molar-refractivity contribution < 1.29 is 4.74 Å². The molecule has 0 radical (unpaired) electrons. The fourth-order valence-corrected chi connectivity index (χ4v) is 3.70. The molecule has 0 amide bonds. The zero-order chi connectivity index (χ0) is 21.8. The number of nitrogens with zero attached hydrogens (tertiary/aromatic N) is 2. The Morgan fingerprint density at radius 1 is 0.688 bits per heavy atom. The highest BCUT2D eigenvalue weighted by molar-refractivity contribution is 5.81. The first-order chi connectivity index (χ1) is 15.8. The van der Waals surface area contributed by atoms with Gasteiger partial charge in [-0.25, -0.2) is 0 Å². The number of aromatic nitrogens is 2. The zero-order valence-electron chi connectivity index (χ0n) is 17.3. The van der Waals surface area contributed by atoms with Gasteiger partial charge >= 0.3 is 0 Å². The Morgan fingerprint density at radius 2 is 1.31 bits per heavy atom. The summed E-state index contributed by atoms with van der Waals surface area (Å²) in [5.41, 5.74) is 3.77. The highest BCUT2D eigenvalue weighted by Crippen LogP contribution is 2.35. The minimum absolute atomic E-state index is 0.236. The van der Waals surface area contributed by atoms with Gasteiger partial charge in [-0.15, -0.1) is 0 Å². The van der Waals surface area contributed by atoms with Crippen molar-refractivity contribution in [3.05, 3.63) is 132 Å². The van der Waals surface area contributed by atoms with E-state index in [1.54, 1.807) is 16.8 Å². The van der Waals surface area contributed by atoms with Gasteiger partial charge in [0.25, 0.3) is 5.56 Å². The van der Waals surface area contributed by atoms with Crippen molar-refractivity contribution in [3.8, 4) is 39.7 Å². The van der Waals surface area contributed by atoms with Gasteiger partial charge in [-0.3, -0.25) is 14.3 Å². The summed E-state index contributed by atoms with van der Waals surface area (Å²) in [7, 11) is 0. The van der Waals surface area contributed by atoms with Crippen LogP contribution in [0.25, 0.3) is 28.2 Å². The standard InChI is InChI=1S/C28H20N2O2/c31-28-26(32-23-16-8-3-9-17-23)20-24(25-18-10-11-19-29-25)27(21-12-4-1-5-13-21)30(28)22-14-6-2-7-15-22/h1-20H. The molecule has 0 unspecified atom stereocenters. The van der Waals surface area contributed by atoms with Crippen molar-refractivity contribution in [3.63, 3.8) is 0 Å². The molecule has 0 aliphatic carbocycles. The Kier molecular flexibility index (Phi) is 5.33. The lowest BCUT2D eigenvalue weighted by Crippen LogP contribution is -2.22. The van der Waals surface area contributed by atoms with Gasteiger partial charge < -0.3 is 4.74 Å². The molecule has 0 aliphatic rings. The van der Waals surface area contributed by atoms with Gasteiger partial charge in [-0.1, -0.05) is 72.8 Å². The molecule has 2 aromatic heterocycles. The summed E-state index contributed by atoms with van der Waals surface area (Å²) in [4.78, 5) is 18.3. The van der Waals surface area contributed by atoms with Gasteiger partial charge in [0.05, 0.1) is 11.4 Å². The van der Waals surface area contributed by atoms with E-state index in [0.717, 1.165) is 28.2 Å². The molecule has 0 N–H and O–H groups in total. The molecule has 0 atom stereocenters. The molecule has 0 aliphatic heterocycles. The van der Waals surface area contributed by atoms with E-state index in [-0.39, 0.29) is 11.3 Å². The van der Waals surface area contributed by atoms with Crippen LogP contribution in [0.5, 0.6) is 11.5 Å². The Labute approximate surface area is 186 Å². The van der Waals surface area contributed by atoms with E-state index in [4.69, 9.17) is 4.74 Å². The number of benzene rings is 3. The normalized spacial score (nSPS) is 10.6. The number of ether oxygens (including phenoxy) is 1. The van der Waals surface area contributed by atoms with E-state index in [1.165, 1.54) is 0 Å². The monoisotopic (exact) mass is 416 g/mol. The molecule has 4 nitrogen and oxygen atoms in total. The highest BCUT2D eigenvalue weighted by atomic mass is 16.5. The van der Waals surface area contributed by atoms with Crippen LogP contribution in [0.2, 0.25) is 0 Å². The molecule has 4 heteroatoms. The average molecular weight is 416 g/mol. The first kappa shape index (κ1) is 19.5. The molecule has 0 bridgehead atoms. The molecule has 2 heterocycles. The molecular weight excluding hydrogens is 396 g/mol. The Hall–Kier alpha value is -4.44. The summed E-state index contributed by atoms with van der Waals surface area (Å²) in [5.74, 6) is 0.837. The predicted molar refractivity (Wildman–Crippen MR) is 127 cm³/mol. The lowest BCUT2D eigenvalue weighted by atomic mass is 10.0. The first-order valence-corrected chi connectivity index (χ1v) is 10.4. The third kappa shape index (κ3) is 3.82. The second kappa shape index (κ2) is 8.74. The molecule has 5 aromatic rings. The molecule has 0 spiro atoms. The molecule has 0 saturated carbocycles. The fourth-order valence-electron chi connectivity index (χ4n) is 3.70. The smallest absolute Gasteiger partial charge is 0.298 e. The van der Waals surface area contributed by atoms with E-state index >= 15 is 0 Å². The number of hydrogen-bond acceptors (Lipinski definition) is 3. The Balaban J connectivity index is 1.85. The number of hydrogen-bond donors (Lipinski definition) is 0. The van der Waals surface area contributed by atoms with Crippen molar-refractivity contribution in [2.24, 2.45) is 0 Å². The van der Waals surface area contributed by atoms with Gasteiger partial charge in [0.15, 0.2) is 5.75 Å². The first-order valence-electron chi connectivity index (χ1n) is 10.4. The summed E-state index contributed by atoms with van der Waals surface area (Å²) in [5, 5.41) is 0. The van der Waals surface area contributed by atoms with Gasteiger partial charge in [0, 0.05) is 17.4 Å². The van der Waals surface area contributed by atoms with Crippen LogP contribution in [-0.4, -0.2) is 9.55 Å². The van der Waals surface area contributed by atoms with Crippen LogP contribution < -0.4 is 10.3 Å². The molecule has 32 heavy (non-hydrogen) atoms.